The van der Waals surface area contributed by atoms with Crippen molar-refractivity contribution < 1.29 is 14.6 Å². The Hall–Kier alpha value is -2.27. The molecule has 21 heavy (non-hydrogen) atoms. The summed E-state index contributed by atoms with van der Waals surface area (Å²) in [4.78, 5) is 4.12. The number of aromatic nitrogens is 1. The molecular weight excluding hydrogens is 268 g/mol. The van der Waals surface area contributed by atoms with Crippen molar-refractivity contribution in [3.8, 4) is 17.2 Å². The van der Waals surface area contributed by atoms with Gasteiger partial charge in [-0.15, -0.1) is 0 Å². The van der Waals surface area contributed by atoms with Gasteiger partial charge in [-0.05, 0) is 42.8 Å². The molecular formula is C16H20N2O3. The van der Waals surface area contributed by atoms with Crippen molar-refractivity contribution in [2.24, 2.45) is 0 Å². The highest BCUT2D eigenvalue weighted by Crippen LogP contribution is 2.27. The molecule has 2 aromatic rings. The summed E-state index contributed by atoms with van der Waals surface area (Å²) in [6.07, 6.45) is 2.34. The number of rotatable bonds is 7. The van der Waals surface area contributed by atoms with Crippen LogP contribution in [0.4, 0.5) is 0 Å². The van der Waals surface area contributed by atoms with Crippen molar-refractivity contribution in [2.45, 2.75) is 13.0 Å². The highest BCUT2D eigenvalue weighted by atomic mass is 16.5. The van der Waals surface area contributed by atoms with Crippen LogP contribution in [0.1, 0.15) is 11.3 Å². The Balaban J connectivity index is 1.82. The third kappa shape index (κ3) is 4.36. The Labute approximate surface area is 124 Å². The van der Waals surface area contributed by atoms with Gasteiger partial charge in [0.15, 0.2) is 11.5 Å². The van der Waals surface area contributed by atoms with Crippen LogP contribution in [-0.2, 0) is 13.0 Å². The SMILES string of the molecule is COc1ccc(CCNCc2ccc(O)cn2)cc1OC. The summed E-state index contributed by atoms with van der Waals surface area (Å²) in [5, 5.41) is 12.5. The minimum atomic E-state index is 0.184. The van der Waals surface area contributed by atoms with Crippen molar-refractivity contribution in [1.82, 2.24) is 10.3 Å². The summed E-state index contributed by atoms with van der Waals surface area (Å²) in [7, 11) is 3.26. The smallest absolute Gasteiger partial charge is 0.160 e. The highest BCUT2D eigenvalue weighted by Gasteiger charge is 2.04. The predicted octanol–water partition coefficient (Wildman–Crippen LogP) is 2.14. The second-order valence-corrected chi connectivity index (χ2v) is 4.62. The molecule has 1 aromatic carbocycles. The number of methoxy groups -OCH3 is 2. The highest BCUT2D eigenvalue weighted by molar-refractivity contribution is 5.42. The van der Waals surface area contributed by atoms with Gasteiger partial charge in [-0.25, -0.2) is 0 Å². The van der Waals surface area contributed by atoms with Crippen LogP contribution in [-0.4, -0.2) is 30.9 Å². The maximum absolute atomic E-state index is 9.16. The number of aromatic hydroxyl groups is 1. The zero-order valence-electron chi connectivity index (χ0n) is 12.3. The quantitative estimate of drug-likeness (QED) is 0.764. The molecule has 2 N–H and O–H groups in total. The van der Waals surface area contributed by atoms with Crippen LogP contribution in [0.15, 0.2) is 36.5 Å². The van der Waals surface area contributed by atoms with Crippen molar-refractivity contribution in [2.75, 3.05) is 20.8 Å². The fourth-order valence-corrected chi connectivity index (χ4v) is 2.01. The van der Waals surface area contributed by atoms with Crippen LogP contribution in [0.2, 0.25) is 0 Å². The molecule has 0 bridgehead atoms. The fourth-order valence-electron chi connectivity index (χ4n) is 2.01. The molecule has 0 spiro atoms. The van der Waals surface area contributed by atoms with E-state index in [2.05, 4.69) is 10.3 Å². The van der Waals surface area contributed by atoms with Crippen LogP contribution < -0.4 is 14.8 Å². The van der Waals surface area contributed by atoms with E-state index in [1.165, 1.54) is 11.8 Å². The zero-order valence-corrected chi connectivity index (χ0v) is 12.3. The molecule has 1 heterocycles. The van der Waals surface area contributed by atoms with Gasteiger partial charge in [0.1, 0.15) is 5.75 Å². The van der Waals surface area contributed by atoms with E-state index < -0.39 is 0 Å². The molecule has 1 aromatic heterocycles. The maximum Gasteiger partial charge on any atom is 0.160 e. The van der Waals surface area contributed by atoms with E-state index in [-0.39, 0.29) is 5.75 Å². The zero-order chi connectivity index (χ0) is 15.1. The molecule has 0 unspecified atom stereocenters. The summed E-state index contributed by atoms with van der Waals surface area (Å²) in [6, 6.07) is 9.37. The molecule has 0 atom stereocenters. The van der Waals surface area contributed by atoms with Crippen molar-refractivity contribution in [1.29, 1.82) is 0 Å². The Morgan fingerprint density at radius 3 is 2.57 bits per heavy atom. The summed E-state index contributed by atoms with van der Waals surface area (Å²) in [6.45, 7) is 1.51. The lowest BCUT2D eigenvalue weighted by Crippen LogP contribution is -2.17. The van der Waals surface area contributed by atoms with Gasteiger partial charge < -0.3 is 19.9 Å². The summed E-state index contributed by atoms with van der Waals surface area (Å²) < 4.78 is 10.5. The van der Waals surface area contributed by atoms with Crippen LogP contribution in [0.25, 0.3) is 0 Å². The first-order chi connectivity index (χ1) is 10.2. The molecule has 0 amide bonds. The summed E-state index contributed by atoms with van der Waals surface area (Å²) in [5.41, 5.74) is 2.08. The van der Waals surface area contributed by atoms with E-state index >= 15 is 0 Å². The van der Waals surface area contributed by atoms with E-state index in [1.807, 2.05) is 18.2 Å². The molecule has 0 saturated carbocycles. The average Bonchev–Trinajstić information content (AvgIpc) is 2.53. The van der Waals surface area contributed by atoms with Crippen molar-refractivity contribution in [3.05, 3.63) is 47.8 Å². The summed E-state index contributed by atoms with van der Waals surface area (Å²) >= 11 is 0. The lowest BCUT2D eigenvalue weighted by molar-refractivity contribution is 0.354. The van der Waals surface area contributed by atoms with Gasteiger partial charge in [0.05, 0.1) is 26.1 Å². The molecule has 0 aliphatic rings. The van der Waals surface area contributed by atoms with E-state index in [0.29, 0.717) is 6.54 Å². The largest absolute Gasteiger partial charge is 0.506 e. The number of ether oxygens (including phenoxy) is 2. The minimum absolute atomic E-state index is 0.184. The Morgan fingerprint density at radius 2 is 1.90 bits per heavy atom. The molecule has 0 aliphatic heterocycles. The van der Waals surface area contributed by atoms with E-state index in [9.17, 15) is 0 Å². The van der Waals surface area contributed by atoms with Gasteiger partial charge >= 0.3 is 0 Å². The number of hydrogen-bond donors (Lipinski definition) is 2. The van der Waals surface area contributed by atoms with Crippen molar-refractivity contribution >= 4 is 0 Å². The normalized spacial score (nSPS) is 10.4. The molecule has 0 aliphatic carbocycles. The Bertz CT molecular complexity index is 570. The number of nitrogens with one attached hydrogen (secondary N) is 1. The molecule has 0 fully saturated rings. The first-order valence-corrected chi connectivity index (χ1v) is 6.78. The van der Waals surface area contributed by atoms with Crippen LogP contribution in [0.3, 0.4) is 0 Å². The lowest BCUT2D eigenvalue weighted by atomic mass is 10.1. The fraction of sp³-hybridized carbons (Fsp3) is 0.312. The minimum Gasteiger partial charge on any atom is -0.506 e. The number of nitrogens with zero attached hydrogens (tertiary/aromatic N) is 1. The second kappa shape index (κ2) is 7.50. The van der Waals surface area contributed by atoms with E-state index in [0.717, 1.165) is 30.2 Å². The van der Waals surface area contributed by atoms with Gasteiger partial charge in [-0.3, -0.25) is 4.98 Å². The Morgan fingerprint density at radius 1 is 1.10 bits per heavy atom. The standard InChI is InChI=1S/C16H20N2O3/c1-20-15-6-3-12(9-16(15)21-2)7-8-17-10-13-4-5-14(19)11-18-13/h3-6,9,11,17,19H,7-8,10H2,1-2H3. The average molecular weight is 288 g/mol. The lowest BCUT2D eigenvalue weighted by Gasteiger charge is -2.10. The third-order valence-electron chi connectivity index (χ3n) is 3.15. The molecule has 5 heteroatoms. The maximum atomic E-state index is 9.16. The number of hydrogen-bond acceptors (Lipinski definition) is 5. The van der Waals surface area contributed by atoms with E-state index in [1.54, 1.807) is 26.4 Å². The topological polar surface area (TPSA) is 63.6 Å². The number of pyridine rings is 1. The second-order valence-electron chi connectivity index (χ2n) is 4.62. The van der Waals surface area contributed by atoms with Gasteiger partial charge in [0.2, 0.25) is 0 Å². The molecule has 0 saturated heterocycles. The van der Waals surface area contributed by atoms with Gasteiger partial charge in [0.25, 0.3) is 0 Å². The number of benzene rings is 1. The first kappa shape index (κ1) is 15.1. The predicted molar refractivity (Wildman–Crippen MR) is 80.9 cm³/mol. The third-order valence-corrected chi connectivity index (χ3v) is 3.15. The molecule has 0 radical (unpaired) electrons. The molecule has 112 valence electrons. The monoisotopic (exact) mass is 288 g/mol. The van der Waals surface area contributed by atoms with Crippen LogP contribution in [0, 0.1) is 0 Å². The molecule has 5 nitrogen and oxygen atoms in total. The summed E-state index contributed by atoms with van der Waals surface area (Å²) in [5.74, 6) is 1.67. The van der Waals surface area contributed by atoms with Crippen molar-refractivity contribution in [3.63, 3.8) is 0 Å². The van der Waals surface area contributed by atoms with Crippen LogP contribution >= 0.6 is 0 Å². The van der Waals surface area contributed by atoms with Gasteiger partial charge in [-0.1, -0.05) is 6.07 Å². The van der Waals surface area contributed by atoms with Gasteiger partial charge in [-0.2, -0.15) is 0 Å². The van der Waals surface area contributed by atoms with E-state index in [4.69, 9.17) is 14.6 Å². The van der Waals surface area contributed by atoms with Crippen LogP contribution in [0.5, 0.6) is 17.2 Å². The Kier molecular flexibility index (Phi) is 5.40. The van der Waals surface area contributed by atoms with Gasteiger partial charge in [0, 0.05) is 6.54 Å². The first-order valence-electron chi connectivity index (χ1n) is 6.78. The molecule has 2 rings (SSSR count).